The molecule has 0 amide bonds. The molecule has 12 aromatic carbocycles. The number of nitrogens with zero attached hydrogens (tertiary/aromatic N) is 4. The highest BCUT2D eigenvalue weighted by molar-refractivity contribution is 7.00. The fraction of sp³-hybridized carbons (Fsp3) is 0.333. The second-order valence-electron chi connectivity index (χ2n) is 42.1. The summed E-state index contributed by atoms with van der Waals surface area (Å²) in [6.45, 7) is 54.6. The molecule has 2 aromatic heterocycles. The average molecular weight is 1480 g/mol. The lowest BCUT2D eigenvalue weighted by molar-refractivity contribution is 0.332. The van der Waals surface area contributed by atoms with Gasteiger partial charge in [0.25, 0.3) is 6.71 Å². The van der Waals surface area contributed by atoms with Crippen LogP contribution >= 0.6 is 0 Å². The first-order valence-electron chi connectivity index (χ1n) is 42.0. The van der Waals surface area contributed by atoms with Crippen molar-refractivity contribution in [1.29, 1.82) is 0 Å². The van der Waals surface area contributed by atoms with E-state index in [0.29, 0.717) is 0 Å². The molecule has 4 nitrogen and oxygen atoms in total. The summed E-state index contributed by atoms with van der Waals surface area (Å²) in [4.78, 5) is 5.34. The predicted octanol–water partition coefficient (Wildman–Crippen LogP) is 28.1. The normalized spacial score (nSPS) is 16.4. The largest absolute Gasteiger partial charge is 0.311 e. The molecule has 5 heteroatoms. The van der Waals surface area contributed by atoms with Gasteiger partial charge in [0, 0.05) is 61.4 Å². The summed E-state index contributed by atoms with van der Waals surface area (Å²) in [6.07, 6.45) is 4.70. The Morgan fingerprint density at radius 3 is 1.02 bits per heavy atom. The maximum atomic E-state index is 2.67. The lowest BCUT2D eigenvalue weighted by Gasteiger charge is -2.45. The number of anilines is 6. The lowest BCUT2D eigenvalue weighted by atomic mass is 9.33. The van der Waals surface area contributed by atoms with Gasteiger partial charge >= 0.3 is 0 Å². The van der Waals surface area contributed by atoms with Gasteiger partial charge in [0.1, 0.15) is 0 Å². The Bertz CT molecular complexity index is 6160. The summed E-state index contributed by atoms with van der Waals surface area (Å²) < 4.78 is 5.16. The van der Waals surface area contributed by atoms with E-state index < -0.39 is 0 Å². The number of rotatable bonds is 7. The third kappa shape index (κ3) is 12.3. The summed E-state index contributed by atoms with van der Waals surface area (Å²) in [5, 5.41) is 5.06. The molecule has 4 aliphatic rings. The number of aromatic nitrogens is 2. The third-order valence-electron chi connectivity index (χ3n) is 27.2. The van der Waals surface area contributed by atoms with Crippen molar-refractivity contribution in [2.24, 2.45) is 0 Å². The predicted molar refractivity (Wildman–Crippen MR) is 490 cm³/mol. The minimum atomic E-state index is -0.181. The molecule has 4 heterocycles. The van der Waals surface area contributed by atoms with Crippen molar-refractivity contribution in [3.8, 4) is 44.8 Å². The fourth-order valence-electron chi connectivity index (χ4n) is 19.7. The van der Waals surface area contributed by atoms with Crippen LogP contribution in [-0.2, 0) is 48.7 Å². The van der Waals surface area contributed by atoms with E-state index in [4.69, 9.17) is 0 Å². The van der Waals surface area contributed by atoms with Crippen LogP contribution in [0.5, 0.6) is 0 Å². The molecule has 570 valence electrons. The molecule has 14 aromatic rings. The molecule has 0 radical (unpaired) electrons. The number of fused-ring (bicyclic) bond motifs is 12. The van der Waals surface area contributed by atoms with Crippen molar-refractivity contribution in [1.82, 2.24) is 9.13 Å². The number of hydrogen-bond donors (Lipinski definition) is 0. The molecular weight excluding hydrogens is 1360 g/mol. The average Bonchev–Trinajstić information content (AvgIpc) is 1.44. The van der Waals surface area contributed by atoms with Gasteiger partial charge in [0.2, 0.25) is 0 Å². The Kier molecular flexibility index (Phi) is 16.6. The molecule has 0 N–H and O–H groups in total. The first kappa shape index (κ1) is 74.3. The minimum Gasteiger partial charge on any atom is -0.311 e. The Morgan fingerprint density at radius 1 is 0.248 bits per heavy atom. The molecule has 0 saturated carbocycles. The summed E-state index contributed by atoms with van der Waals surface area (Å²) in [5.74, 6) is 0. The van der Waals surface area contributed by atoms with E-state index in [1.165, 1.54) is 168 Å². The van der Waals surface area contributed by atoms with Crippen LogP contribution in [0.15, 0.2) is 231 Å². The first-order chi connectivity index (χ1) is 53.1. The summed E-state index contributed by atoms with van der Waals surface area (Å²) in [6, 6.07) is 92.6. The summed E-state index contributed by atoms with van der Waals surface area (Å²) in [7, 11) is 0. The maximum absolute atomic E-state index is 2.67. The molecule has 113 heavy (non-hydrogen) atoms. The second kappa shape index (κ2) is 25.2. The van der Waals surface area contributed by atoms with Crippen LogP contribution in [-0.4, -0.2) is 15.8 Å². The van der Waals surface area contributed by atoms with Gasteiger partial charge in [-0.3, -0.25) is 0 Å². The SMILES string of the molecule is CC(C)(C)c1cc(-c2ccc3c(c2)N(c2ccc(-c4ccc5c(c4)C(C)(C)CCC5(C)C)cc2)c2cc(-n4c5ccc(C(C)(C)C)cc5c5cc(C(C)(C)C)ccc54)cc4c2B3c2ccc(-n3c5ccccc5c5cc(C(C)(C)C)ccc53)cc2N4c2ccc(-c3ccc4c(c3)C(C)(C)CCC4(C)C)cc2)cc(C(C)(C)C)c1. The molecule has 2 aliphatic carbocycles. The van der Waals surface area contributed by atoms with Crippen molar-refractivity contribution in [2.45, 2.75) is 234 Å². The standard InChI is InChI=1S/C108H115BN4/c1-100(2,3)72-35-47-92-82(60-72)81-26-24-25-27-91(81)112(92)79-42-46-90-96(63-79)111(78-40-30-67(31-41-78)69-33-44-86-88(57-69)108(22,23)53-51-106(86,18)19)98-65-80(113-93-48-36-73(101(4,5)6)61-83(93)84-62-74(102(7,8)9)37-49-94(84)113)64-97-99(98)109(90)89-45-34-70(71-54-75(103(10,11)12)59-76(55-71)104(13,14)15)58-95(89)110(97)77-38-28-66(29-39-77)68-32-43-85-87(56-68)107(20,21)52-50-105(85,16)17/h24-49,54-65H,50-53H2,1-23H3. The molecule has 0 bridgehead atoms. The third-order valence-corrected chi connectivity index (χ3v) is 27.2. The molecule has 0 unspecified atom stereocenters. The zero-order chi connectivity index (χ0) is 79.7. The van der Waals surface area contributed by atoms with Gasteiger partial charge in [0.05, 0.1) is 27.8 Å². The second-order valence-corrected chi connectivity index (χ2v) is 42.1. The molecule has 2 aliphatic heterocycles. The van der Waals surface area contributed by atoms with E-state index in [0.717, 1.165) is 46.2 Å². The highest BCUT2D eigenvalue weighted by Gasteiger charge is 2.46. The molecule has 18 rings (SSSR count). The van der Waals surface area contributed by atoms with Crippen molar-refractivity contribution in [3.63, 3.8) is 0 Å². The van der Waals surface area contributed by atoms with Crippen LogP contribution in [0.3, 0.4) is 0 Å². The molecular formula is C108H115BN4. The number of para-hydroxylation sites is 1. The Hall–Kier alpha value is -10.1. The Morgan fingerprint density at radius 2 is 0.584 bits per heavy atom. The highest BCUT2D eigenvalue weighted by atomic mass is 15.2. The van der Waals surface area contributed by atoms with Crippen LogP contribution in [0.1, 0.15) is 235 Å². The van der Waals surface area contributed by atoms with Gasteiger partial charge in [-0.1, -0.05) is 293 Å². The van der Waals surface area contributed by atoms with Gasteiger partial charge in [-0.15, -0.1) is 0 Å². The van der Waals surface area contributed by atoms with E-state index in [9.17, 15) is 0 Å². The van der Waals surface area contributed by atoms with Crippen molar-refractivity contribution >= 4 is 101 Å². The molecule has 0 fully saturated rings. The zero-order valence-corrected chi connectivity index (χ0v) is 71.6. The molecule has 0 saturated heterocycles. The van der Waals surface area contributed by atoms with Crippen LogP contribution in [0, 0.1) is 0 Å². The van der Waals surface area contributed by atoms with E-state index >= 15 is 0 Å². The quantitative estimate of drug-likeness (QED) is 0.148. The summed E-state index contributed by atoms with van der Waals surface area (Å²) >= 11 is 0. The maximum Gasteiger partial charge on any atom is 0.252 e. The van der Waals surface area contributed by atoms with Gasteiger partial charge in [-0.2, -0.15) is 0 Å². The van der Waals surface area contributed by atoms with Gasteiger partial charge in [-0.05, 0) is 271 Å². The van der Waals surface area contributed by atoms with E-state index in [-0.39, 0.29) is 55.4 Å². The van der Waals surface area contributed by atoms with E-state index in [1.807, 2.05) is 0 Å². The van der Waals surface area contributed by atoms with Crippen molar-refractivity contribution < 1.29 is 0 Å². The molecule has 0 spiro atoms. The minimum absolute atomic E-state index is 0.0269. The van der Waals surface area contributed by atoms with Crippen LogP contribution < -0.4 is 26.2 Å². The highest BCUT2D eigenvalue weighted by Crippen LogP contribution is 2.53. The zero-order valence-electron chi connectivity index (χ0n) is 71.6. The van der Waals surface area contributed by atoms with Gasteiger partial charge < -0.3 is 18.9 Å². The first-order valence-corrected chi connectivity index (χ1v) is 42.0. The van der Waals surface area contributed by atoms with Crippen LogP contribution in [0.25, 0.3) is 88.4 Å². The topological polar surface area (TPSA) is 16.3 Å². The monoisotopic (exact) mass is 1480 g/mol. The summed E-state index contributed by atoms with van der Waals surface area (Å²) in [5.41, 5.74) is 37.7. The number of hydrogen-bond acceptors (Lipinski definition) is 2. The van der Waals surface area contributed by atoms with Gasteiger partial charge in [0.15, 0.2) is 0 Å². The van der Waals surface area contributed by atoms with Crippen molar-refractivity contribution in [2.75, 3.05) is 9.80 Å². The van der Waals surface area contributed by atoms with E-state index in [1.54, 1.807) is 0 Å². The van der Waals surface area contributed by atoms with Crippen LogP contribution in [0.4, 0.5) is 34.1 Å². The smallest absolute Gasteiger partial charge is 0.252 e. The Labute approximate surface area is 674 Å². The Balaban J connectivity index is 0.949. The van der Waals surface area contributed by atoms with Gasteiger partial charge in [-0.25, -0.2) is 0 Å². The van der Waals surface area contributed by atoms with E-state index in [2.05, 4.69) is 409 Å². The lowest BCUT2D eigenvalue weighted by Crippen LogP contribution is -2.61. The number of benzene rings is 12. The molecule has 0 atom stereocenters. The van der Waals surface area contributed by atoms with Crippen molar-refractivity contribution in [3.05, 3.63) is 281 Å². The fourth-order valence-corrected chi connectivity index (χ4v) is 19.7. The van der Waals surface area contributed by atoms with Crippen LogP contribution in [0.2, 0.25) is 0 Å².